The number of aromatic amines is 1. The zero-order valence-electron chi connectivity index (χ0n) is 15.0. The summed E-state index contributed by atoms with van der Waals surface area (Å²) < 4.78 is 27.7. The molecule has 28 heavy (non-hydrogen) atoms. The highest BCUT2D eigenvalue weighted by atomic mass is 32.2. The van der Waals surface area contributed by atoms with E-state index in [1.54, 1.807) is 18.2 Å². The topological polar surface area (TPSA) is 99.3 Å². The standard InChI is InChI=1S/C19H17BN2O4S2/c20-8-9-21-28(25,26)12-3-1-11(2-4-12)16-15(23)6-5-14-17(16)13-7-10-27-18(13)19(24)22-14/h1-7,10,21,23H,8-9,20H2,(H,22,24). The van der Waals surface area contributed by atoms with Gasteiger partial charge in [0.25, 0.3) is 5.56 Å². The molecule has 0 saturated carbocycles. The third-order valence-electron chi connectivity index (χ3n) is 4.57. The van der Waals surface area contributed by atoms with Gasteiger partial charge in [-0.1, -0.05) is 18.5 Å². The second-order valence-electron chi connectivity index (χ2n) is 6.42. The maximum Gasteiger partial charge on any atom is 0.266 e. The highest BCUT2D eigenvalue weighted by Crippen LogP contribution is 2.39. The van der Waals surface area contributed by atoms with Gasteiger partial charge in [-0.2, -0.15) is 0 Å². The molecule has 9 heteroatoms. The van der Waals surface area contributed by atoms with Gasteiger partial charge in [-0.15, -0.1) is 11.3 Å². The van der Waals surface area contributed by atoms with E-state index < -0.39 is 10.0 Å². The number of phenols is 1. The smallest absolute Gasteiger partial charge is 0.266 e. The van der Waals surface area contributed by atoms with E-state index in [4.69, 9.17) is 0 Å². The molecule has 0 bridgehead atoms. The van der Waals surface area contributed by atoms with E-state index in [-0.39, 0.29) is 16.2 Å². The highest BCUT2D eigenvalue weighted by molar-refractivity contribution is 7.89. The minimum atomic E-state index is -3.56. The SMILES string of the molecule is BCCNS(=O)(=O)c1ccc(-c2c(O)ccc3[nH]c(=O)c4sccc4c23)cc1. The lowest BCUT2D eigenvalue weighted by Crippen LogP contribution is -2.24. The number of aromatic nitrogens is 1. The Morgan fingerprint density at radius 2 is 1.86 bits per heavy atom. The minimum Gasteiger partial charge on any atom is -0.507 e. The van der Waals surface area contributed by atoms with Crippen LogP contribution in [0.4, 0.5) is 0 Å². The molecular weight excluding hydrogens is 395 g/mol. The van der Waals surface area contributed by atoms with Crippen molar-refractivity contribution in [1.29, 1.82) is 0 Å². The number of benzene rings is 2. The van der Waals surface area contributed by atoms with Gasteiger partial charge < -0.3 is 10.1 Å². The third-order valence-corrected chi connectivity index (χ3v) is 6.96. The van der Waals surface area contributed by atoms with Crippen LogP contribution in [0.5, 0.6) is 5.75 Å². The van der Waals surface area contributed by atoms with Crippen LogP contribution in [-0.4, -0.2) is 32.9 Å². The van der Waals surface area contributed by atoms with Crippen LogP contribution in [-0.2, 0) is 10.0 Å². The third kappa shape index (κ3) is 3.11. The summed E-state index contributed by atoms with van der Waals surface area (Å²) >= 11 is 1.34. The van der Waals surface area contributed by atoms with Gasteiger partial charge in [0.2, 0.25) is 10.0 Å². The van der Waals surface area contributed by atoms with Crippen LogP contribution in [0, 0.1) is 0 Å². The fourth-order valence-electron chi connectivity index (χ4n) is 3.25. The second-order valence-corrected chi connectivity index (χ2v) is 9.10. The number of sulfonamides is 1. The zero-order valence-corrected chi connectivity index (χ0v) is 16.7. The molecule has 0 fully saturated rings. The van der Waals surface area contributed by atoms with Crippen LogP contribution >= 0.6 is 11.3 Å². The molecule has 2 aromatic heterocycles. The van der Waals surface area contributed by atoms with Crippen molar-refractivity contribution in [3.05, 3.63) is 58.2 Å². The van der Waals surface area contributed by atoms with Gasteiger partial charge in [-0.05, 0) is 41.3 Å². The largest absolute Gasteiger partial charge is 0.507 e. The Labute approximate surface area is 166 Å². The fraction of sp³-hybridized carbons (Fsp3) is 0.105. The van der Waals surface area contributed by atoms with Gasteiger partial charge in [-0.3, -0.25) is 4.79 Å². The predicted octanol–water partition coefficient (Wildman–Crippen LogP) is 2.45. The first-order chi connectivity index (χ1) is 13.4. The van der Waals surface area contributed by atoms with Crippen LogP contribution in [0.1, 0.15) is 0 Å². The number of fused-ring (bicyclic) bond motifs is 3. The van der Waals surface area contributed by atoms with Crippen LogP contribution in [0.3, 0.4) is 0 Å². The number of thiophene rings is 1. The maximum absolute atomic E-state index is 12.3. The molecule has 2 aromatic carbocycles. The molecule has 3 N–H and O–H groups in total. The summed E-state index contributed by atoms with van der Waals surface area (Å²) in [6.45, 7) is 0.373. The van der Waals surface area contributed by atoms with E-state index in [0.29, 0.717) is 34.2 Å². The van der Waals surface area contributed by atoms with Gasteiger partial charge in [0.15, 0.2) is 0 Å². The second kappa shape index (κ2) is 7.08. The number of phenolic OH excluding ortho intramolecular Hbond substituents is 1. The van der Waals surface area contributed by atoms with Crippen molar-refractivity contribution in [2.45, 2.75) is 11.2 Å². The zero-order chi connectivity index (χ0) is 19.9. The Hall–Kier alpha value is -2.62. The minimum absolute atomic E-state index is 0.0618. The van der Waals surface area contributed by atoms with Crippen molar-refractivity contribution in [3.63, 3.8) is 0 Å². The van der Waals surface area contributed by atoms with Gasteiger partial charge in [0, 0.05) is 28.4 Å². The van der Waals surface area contributed by atoms with Gasteiger partial charge in [-0.25, -0.2) is 13.1 Å². The number of pyridine rings is 1. The number of hydrogen-bond acceptors (Lipinski definition) is 5. The van der Waals surface area contributed by atoms with E-state index in [0.717, 1.165) is 10.8 Å². The molecule has 4 aromatic rings. The van der Waals surface area contributed by atoms with Crippen LogP contribution in [0.2, 0.25) is 6.32 Å². The van der Waals surface area contributed by atoms with Crippen LogP contribution < -0.4 is 10.3 Å². The molecule has 0 saturated heterocycles. The lowest BCUT2D eigenvalue weighted by atomic mass is 9.97. The Kier molecular flexibility index (Phi) is 4.74. The van der Waals surface area contributed by atoms with Gasteiger partial charge in [0.1, 0.15) is 18.3 Å². The Morgan fingerprint density at radius 3 is 2.57 bits per heavy atom. The van der Waals surface area contributed by atoms with Gasteiger partial charge >= 0.3 is 0 Å². The molecule has 0 unspecified atom stereocenters. The van der Waals surface area contributed by atoms with Crippen molar-refractivity contribution < 1.29 is 13.5 Å². The average Bonchev–Trinajstić information content (AvgIpc) is 3.18. The Balaban J connectivity index is 1.91. The molecule has 6 nitrogen and oxygen atoms in total. The summed E-state index contributed by atoms with van der Waals surface area (Å²) in [6, 6.07) is 11.4. The molecule has 0 amide bonds. The molecule has 0 aliphatic rings. The van der Waals surface area contributed by atoms with Crippen molar-refractivity contribution in [2.24, 2.45) is 0 Å². The summed E-state index contributed by atoms with van der Waals surface area (Å²) in [5.74, 6) is 0.0618. The van der Waals surface area contributed by atoms with Crippen molar-refractivity contribution in [1.82, 2.24) is 9.71 Å². The molecule has 0 atom stereocenters. The molecule has 0 aliphatic carbocycles. The monoisotopic (exact) mass is 412 g/mol. The Morgan fingerprint density at radius 1 is 1.11 bits per heavy atom. The van der Waals surface area contributed by atoms with Crippen LogP contribution in [0.15, 0.2) is 57.5 Å². The predicted molar refractivity (Wildman–Crippen MR) is 116 cm³/mol. The first kappa shape index (κ1) is 18.7. The summed E-state index contributed by atoms with van der Waals surface area (Å²) in [4.78, 5) is 15.3. The molecular formula is C19H17BN2O4S2. The molecule has 4 rings (SSSR count). The summed E-state index contributed by atoms with van der Waals surface area (Å²) in [7, 11) is -1.67. The molecule has 142 valence electrons. The van der Waals surface area contributed by atoms with Crippen molar-refractivity contribution in [2.75, 3.05) is 6.54 Å². The Bertz CT molecular complexity index is 1340. The number of nitrogens with one attached hydrogen (secondary N) is 2. The van der Waals surface area contributed by atoms with E-state index >= 15 is 0 Å². The summed E-state index contributed by atoms with van der Waals surface area (Å²) in [5, 5.41) is 13.9. The molecule has 0 spiro atoms. The number of H-pyrrole nitrogens is 1. The quantitative estimate of drug-likeness (QED) is 0.439. The number of aromatic hydroxyl groups is 1. The maximum atomic E-state index is 12.3. The van der Waals surface area contributed by atoms with Crippen molar-refractivity contribution >= 4 is 50.2 Å². The van der Waals surface area contributed by atoms with E-state index in [1.165, 1.54) is 29.5 Å². The number of hydrogen-bond donors (Lipinski definition) is 3. The lowest BCUT2D eigenvalue weighted by Gasteiger charge is -2.12. The summed E-state index contributed by atoms with van der Waals surface area (Å²) in [5.41, 5.74) is 1.67. The lowest BCUT2D eigenvalue weighted by molar-refractivity contribution is 0.478. The highest BCUT2D eigenvalue weighted by Gasteiger charge is 2.17. The van der Waals surface area contributed by atoms with Gasteiger partial charge in [0.05, 0.1) is 4.90 Å². The number of rotatable bonds is 5. The molecule has 2 heterocycles. The molecule has 0 radical (unpaired) electrons. The van der Waals surface area contributed by atoms with E-state index in [1.807, 2.05) is 19.3 Å². The molecule has 0 aliphatic heterocycles. The van der Waals surface area contributed by atoms with Crippen molar-refractivity contribution in [3.8, 4) is 16.9 Å². The first-order valence-corrected chi connectivity index (χ1v) is 11.1. The van der Waals surface area contributed by atoms with E-state index in [2.05, 4.69) is 9.71 Å². The average molecular weight is 412 g/mol. The van der Waals surface area contributed by atoms with E-state index in [9.17, 15) is 18.3 Å². The summed E-state index contributed by atoms with van der Waals surface area (Å²) in [6.07, 6.45) is 0.704. The normalized spacial score (nSPS) is 12.0. The fourth-order valence-corrected chi connectivity index (χ4v) is 5.18. The van der Waals surface area contributed by atoms with Crippen LogP contribution in [0.25, 0.3) is 32.1 Å². The first-order valence-electron chi connectivity index (χ1n) is 8.77.